The molecule has 0 spiro atoms. The summed E-state index contributed by atoms with van der Waals surface area (Å²) in [6, 6.07) is 14.7. The zero-order valence-electron chi connectivity index (χ0n) is 12.9. The fourth-order valence-corrected chi connectivity index (χ4v) is 2.77. The lowest BCUT2D eigenvalue weighted by Crippen LogP contribution is -2.01. The second-order valence-corrected chi connectivity index (χ2v) is 6.24. The molecular weight excluding hydrogens is 310 g/mol. The van der Waals surface area contributed by atoms with Crippen LogP contribution in [0.25, 0.3) is 22.2 Å². The van der Waals surface area contributed by atoms with E-state index in [-0.39, 0.29) is 5.56 Å². The van der Waals surface area contributed by atoms with E-state index >= 15 is 0 Å². The predicted octanol–water partition coefficient (Wildman–Crippen LogP) is 5.38. The van der Waals surface area contributed by atoms with Crippen molar-refractivity contribution in [3.05, 3.63) is 64.7 Å². The molecule has 0 saturated heterocycles. The molecule has 0 aliphatic rings. The van der Waals surface area contributed by atoms with Gasteiger partial charge in [-0.1, -0.05) is 43.6 Å². The Balaban J connectivity index is 2.27. The average molecular weight is 326 g/mol. The van der Waals surface area contributed by atoms with Gasteiger partial charge in [0.1, 0.15) is 0 Å². The highest BCUT2D eigenvalue weighted by atomic mass is 35.5. The molecule has 0 aliphatic carbocycles. The van der Waals surface area contributed by atoms with Crippen molar-refractivity contribution in [1.82, 2.24) is 4.98 Å². The summed E-state index contributed by atoms with van der Waals surface area (Å²) in [5.41, 5.74) is 3.43. The van der Waals surface area contributed by atoms with Crippen LogP contribution in [0, 0.1) is 0 Å². The summed E-state index contributed by atoms with van der Waals surface area (Å²) in [5.74, 6) is -0.629. The third-order valence-electron chi connectivity index (χ3n) is 3.85. The van der Waals surface area contributed by atoms with Gasteiger partial charge in [0.05, 0.1) is 16.8 Å². The number of halogens is 1. The van der Waals surface area contributed by atoms with Crippen LogP contribution in [-0.4, -0.2) is 16.1 Å². The Labute approximate surface area is 139 Å². The number of rotatable bonds is 3. The first kappa shape index (κ1) is 15.5. The average Bonchev–Trinajstić information content (AvgIpc) is 2.53. The van der Waals surface area contributed by atoms with Gasteiger partial charge >= 0.3 is 5.97 Å². The first-order valence-electron chi connectivity index (χ1n) is 7.39. The van der Waals surface area contributed by atoms with Gasteiger partial charge < -0.3 is 5.11 Å². The molecule has 0 fully saturated rings. The molecule has 1 heterocycles. The van der Waals surface area contributed by atoms with Crippen LogP contribution in [0.3, 0.4) is 0 Å². The van der Waals surface area contributed by atoms with Gasteiger partial charge in [0.25, 0.3) is 0 Å². The van der Waals surface area contributed by atoms with Crippen LogP contribution >= 0.6 is 11.6 Å². The van der Waals surface area contributed by atoms with E-state index in [2.05, 4.69) is 18.8 Å². The summed E-state index contributed by atoms with van der Waals surface area (Å²) in [5, 5.41) is 10.8. The summed E-state index contributed by atoms with van der Waals surface area (Å²) in [4.78, 5) is 16.3. The number of fused-ring (bicyclic) bond motifs is 1. The fourth-order valence-electron chi connectivity index (χ4n) is 2.58. The van der Waals surface area contributed by atoms with Crippen LogP contribution in [0.4, 0.5) is 0 Å². The van der Waals surface area contributed by atoms with Crippen molar-refractivity contribution in [3.63, 3.8) is 0 Å². The van der Waals surface area contributed by atoms with E-state index in [1.807, 2.05) is 30.3 Å². The minimum atomic E-state index is -0.957. The Morgan fingerprint density at radius 2 is 1.91 bits per heavy atom. The number of nitrogens with zero attached hydrogens (tertiary/aromatic N) is 1. The first-order valence-corrected chi connectivity index (χ1v) is 7.77. The molecular formula is C19H16ClNO2. The molecule has 23 heavy (non-hydrogen) atoms. The number of hydrogen-bond acceptors (Lipinski definition) is 2. The van der Waals surface area contributed by atoms with Gasteiger partial charge in [-0.3, -0.25) is 0 Å². The van der Waals surface area contributed by atoms with Gasteiger partial charge in [-0.05, 0) is 41.8 Å². The molecule has 3 rings (SSSR count). The molecule has 0 radical (unpaired) electrons. The lowest BCUT2D eigenvalue weighted by molar-refractivity contribution is 0.0699. The van der Waals surface area contributed by atoms with Gasteiger partial charge in [-0.2, -0.15) is 0 Å². The van der Waals surface area contributed by atoms with Crippen molar-refractivity contribution in [2.45, 2.75) is 19.8 Å². The predicted molar refractivity (Wildman–Crippen MR) is 93.2 cm³/mol. The second kappa shape index (κ2) is 6.01. The quantitative estimate of drug-likeness (QED) is 0.703. The Bertz CT molecular complexity index is 903. The maximum absolute atomic E-state index is 11.7. The lowest BCUT2D eigenvalue weighted by Gasteiger charge is -2.11. The fraction of sp³-hybridized carbons (Fsp3) is 0.158. The van der Waals surface area contributed by atoms with E-state index in [1.165, 1.54) is 0 Å². The van der Waals surface area contributed by atoms with Crippen LogP contribution in [0.1, 0.15) is 35.7 Å². The number of hydrogen-bond donors (Lipinski definition) is 1. The van der Waals surface area contributed by atoms with Crippen LogP contribution in [-0.2, 0) is 0 Å². The Kier molecular flexibility index (Phi) is 4.05. The van der Waals surface area contributed by atoms with E-state index in [4.69, 9.17) is 11.6 Å². The third kappa shape index (κ3) is 3.06. The van der Waals surface area contributed by atoms with Crippen LogP contribution in [0.5, 0.6) is 0 Å². The smallest absolute Gasteiger partial charge is 0.336 e. The SMILES string of the molecule is CC(C)c1ccc2nc(-c3cccc(Cl)c3)cc(C(=O)O)c2c1. The molecule has 0 bridgehead atoms. The Morgan fingerprint density at radius 3 is 2.57 bits per heavy atom. The first-order chi connectivity index (χ1) is 11.0. The molecule has 3 aromatic rings. The van der Waals surface area contributed by atoms with Crippen LogP contribution in [0.2, 0.25) is 5.02 Å². The van der Waals surface area contributed by atoms with Crippen LogP contribution in [0.15, 0.2) is 48.5 Å². The monoisotopic (exact) mass is 325 g/mol. The second-order valence-electron chi connectivity index (χ2n) is 5.80. The summed E-state index contributed by atoms with van der Waals surface area (Å²) < 4.78 is 0. The molecule has 1 aromatic heterocycles. The molecule has 4 heteroatoms. The molecule has 0 atom stereocenters. The van der Waals surface area contributed by atoms with E-state index < -0.39 is 5.97 Å². The standard InChI is InChI=1S/C19H16ClNO2/c1-11(2)12-6-7-17-15(9-12)16(19(22)23)10-18(21-17)13-4-3-5-14(20)8-13/h3-11H,1-2H3,(H,22,23). The molecule has 0 saturated carbocycles. The van der Waals surface area contributed by atoms with Gasteiger partial charge in [0.2, 0.25) is 0 Å². The van der Waals surface area contributed by atoms with Gasteiger partial charge in [0, 0.05) is 16.0 Å². The van der Waals surface area contributed by atoms with E-state index in [9.17, 15) is 9.90 Å². The third-order valence-corrected chi connectivity index (χ3v) is 4.09. The summed E-state index contributed by atoms with van der Waals surface area (Å²) >= 11 is 6.03. The molecule has 0 amide bonds. The van der Waals surface area contributed by atoms with Crippen molar-refractivity contribution in [2.75, 3.05) is 0 Å². The minimum absolute atomic E-state index is 0.257. The van der Waals surface area contributed by atoms with Gasteiger partial charge in [-0.15, -0.1) is 0 Å². The Hall–Kier alpha value is -2.39. The highest BCUT2D eigenvalue weighted by Crippen LogP contribution is 2.28. The topological polar surface area (TPSA) is 50.2 Å². The van der Waals surface area contributed by atoms with Crippen molar-refractivity contribution in [2.24, 2.45) is 0 Å². The molecule has 1 N–H and O–H groups in total. The maximum atomic E-state index is 11.7. The number of aromatic carboxylic acids is 1. The maximum Gasteiger partial charge on any atom is 0.336 e. The molecule has 0 aliphatic heterocycles. The Morgan fingerprint density at radius 1 is 1.13 bits per heavy atom. The zero-order valence-corrected chi connectivity index (χ0v) is 13.6. The lowest BCUT2D eigenvalue weighted by atomic mass is 9.97. The number of carboxylic acid groups (broad SMARTS) is 1. The normalized spacial score (nSPS) is 11.1. The number of carbonyl (C=O) groups is 1. The van der Waals surface area contributed by atoms with Crippen LogP contribution < -0.4 is 0 Å². The molecule has 116 valence electrons. The number of aromatic nitrogens is 1. The number of benzene rings is 2. The van der Waals surface area contributed by atoms with Gasteiger partial charge in [0.15, 0.2) is 0 Å². The number of carboxylic acids is 1. The summed E-state index contributed by atoms with van der Waals surface area (Å²) in [7, 11) is 0. The highest BCUT2D eigenvalue weighted by molar-refractivity contribution is 6.30. The van der Waals surface area contributed by atoms with E-state index in [1.54, 1.807) is 18.2 Å². The van der Waals surface area contributed by atoms with Gasteiger partial charge in [-0.25, -0.2) is 9.78 Å². The largest absolute Gasteiger partial charge is 0.478 e. The molecule has 3 nitrogen and oxygen atoms in total. The van der Waals surface area contributed by atoms with Crippen molar-refractivity contribution in [1.29, 1.82) is 0 Å². The molecule has 2 aromatic carbocycles. The highest BCUT2D eigenvalue weighted by Gasteiger charge is 2.14. The van der Waals surface area contributed by atoms with Crippen molar-refractivity contribution < 1.29 is 9.90 Å². The van der Waals surface area contributed by atoms with Crippen molar-refractivity contribution >= 4 is 28.5 Å². The van der Waals surface area contributed by atoms with E-state index in [0.29, 0.717) is 27.5 Å². The summed E-state index contributed by atoms with van der Waals surface area (Å²) in [6.45, 7) is 4.16. The number of pyridine rings is 1. The zero-order chi connectivity index (χ0) is 16.6. The van der Waals surface area contributed by atoms with E-state index in [0.717, 1.165) is 11.1 Å². The minimum Gasteiger partial charge on any atom is -0.478 e. The van der Waals surface area contributed by atoms with Crippen molar-refractivity contribution in [3.8, 4) is 11.3 Å². The summed E-state index contributed by atoms with van der Waals surface area (Å²) in [6.07, 6.45) is 0. The molecule has 0 unspecified atom stereocenters.